The van der Waals surface area contributed by atoms with Gasteiger partial charge in [-0.25, -0.2) is 27.7 Å². The van der Waals surface area contributed by atoms with Crippen molar-refractivity contribution in [3.05, 3.63) is 121 Å². The Kier molecular flexibility index (Phi) is 15.2. The number of aromatic nitrogens is 8. The number of anilines is 2. The average molecular weight is 1000 g/mol. The lowest BCUT2D eigenvalue weighted by Gasteiger charge is -2.14. The molecule has 4 atom stereocenters. The van der Waals surface area contributed by atoms with Gasteiger partial charge in [0.25, 0.3) is 0 Å². The third-order valence-electron chi connectivity index (χ3n) is 11.9. The number of hydrogen-bond donors (Lipinski definition) is 2. The third-order valence-corrected chi connectivity index (χ3v) is 11.9. The molecule has 0 radical (unpaired) electrons. The van der Waals surface area contributed by atoms with Crippen molar-refractivity contribution in [3.63, 3.8) is 0 Å². The smallest absolute Gasteiger partial charge is 0.414 e. The molecule has 0 aliphatic carbocycles. The van der Waals surface area contributed by atoms with Gasteiger partial charge >= 0.3 is 24.1 Å². The van der Waals surface area contributed by atoms with E-state index in [0.717, 1.165) is 0 Å². The number of unbranched alkanes of at least 4 members (excludes halogenated alkanes) is 1. The summed E-state index contributed by atoms with van der Waals surface area (Å²) in [5, 5.41) is 40.9. The van der Waals surface area contributed by atoms with Gasteiger partial charge in [-0.2, -0.15) is 0 Å². The van der Waals surface area contributed by atoms with Crippen molar-refractivity contribution in [2.24, 2.45) is 10.3 Å². The number of benzene rings is 2. The van der Waals surface area contributed by atoms with Crippen LogP contribution in [0.3, 0.4) is 0 Å². The third kappa shape index (κ3) is 12.2. The van der Waals surface area contributed by atoms with Crippen molar-refractivity contribution in [1.29, 1.82) is 0 Å². The number of aliphatic hydroxyl groups is 1. The molecule has 23 nitrogen and oxygen atoms in total. The minimum Gasteiger partial charge on any atom is -0.481 e. The Hall–Kier alpha value is -8.74. The van der Waals surface area contributed by atoms with Crippen LogP contribution in [0.4, 0.5) is 29.7 Å². The molecule has 6 aromatic rings. The molecule has 0 saturated carbocycles. The highest BCUT2D eigenvalue weighted by atomic mass is 19.1. The largest absolute Gasteiger partial charge is 0.481 e. The van der Waals surface area contributed by atoms with Crippen molar-refractivity contribution in [2.45, 2.75) is 76.0 Å². The van der Waals surface area contributed by atoms with Gasteiger partial charge in [0.2, 0.25) is 0 Å². The number of oxime groups is 2. The van der Waals surface area contributed by atoms with Crippen LogP contribution in [0, 0.1) is 11.6 Å². The maximum absolute atomic E-state index is 15.1. The van der Waals surface area contributed by atoms with E-state index in [4.69, 9.17) is 34.1 Å². The predicted molar refractivity (Wildman–Crippen MR) is 251 cm³/mol. The molecule has 0 spiro atoms. The zero-order chi connectivity index (χ0) is 50.8. The van der Waals surface area contributed by atoms with Crippen molar-refractivity contribution in [3.8, 4) is 22.3 Å². The van der Waals surface area contributed by atoms with Crippen molar-refractivity contribution < 1.29 is 62.1 Å². The van der Waals surface area contributed by atoms with Gasteiger partial charge in [0, 0.05) is 72.7 Å². The minimum absolute atomic E-state index is 0.0156. The SMILES string of the molecule is O=C(O)CCCCC(=O)OC[C@@H]1CC(c2ccc(-c3ccc(N4C[C@H](Cn5ccnn5)OC4=O)cc3F)cn2)=NO1.O=C1O[C@@H](Cn2ccnn2)CN1c1ccc(-c2ccc(C3=NO[C@H](CO)C3)nc2)c(F)c1. The fraction of sp³-hybridized carbons (Fsp3) is 0.333. The number of amides is 2. The first-order valence-electron chi connectivity index (χ1n) is 23.1. The normalized spacial score (nSPS) is 19.1. The summed E-state index contributed by atoms with van der Waals surface area (Å²) in [7, 11) is 0. The fourth-order valence-electron chi connectivity index (χ4n) is 8.14. The highest BCUT2D eigenvalue weighted by Crippen LogP contribution is 2.32. The molecular formula is C48H46F2N12O11. The second kappa shape index (κ2) is 22.6. The molecule has 4 aliphatic rings. The summed E-state index contributed by atoms with van der Waals surface area (Å²) in [6.45, 7) is 1.16. The molecule has 0 bridgehead atoms. The number of esters is 1. The molecule has 25 heteroatoms. The monoisotopic (exact) mass is 1000 g/mol. The predicted octanol–water partition coefficient (Wildman–Crippen LogP) is 5.18. The number of aliphatic carboxylic acids is 1. The molecule has 4 aromatic heterocycles. The molecule has 2 amide bonds. The molecule has 4 aliphatic heterocycles. The number of rotatable bonds is 18. The summed E-state index contributed by atoms with van der Waals surface area (Å²) >= 11 is 0. The number of halogens is 2. The number of carboxylic acid groups (broad SMARTS) is 1. The quantitative estimate of drug-likeness (QED) is 0.0638. The van der Waals surface area contributed by atoms with Crippen LogP contribution >= 0.6 is 0 Å². The highest BCUT2D eigenvalue weighted by Gasteiger charge is 2.35. The first-order valence-corrected chi connectivity index (χ1v) is 23.1. The van der Waals surface area contributed by atoms with E-state index in [-0.39, 0.29) is 45.2 Å². The summed E-state index contributed by atoms with van der Waals surface area (Å²) in [6, 6.07) is 16.0. The van der Waals surface area contributed by atoms with Crippen LogP contribution in [-0.4, -0.2) is 136 Å². The Morgan fingerprint density at radius 3 is 1.62 bits per heavy atom. The van der Waals surface area contributed by atoms with Gasteiger partial charge in [-0.3, -0.25) is 29.4 Å². The summed E-state index contributed by atoms with van der Waals surface area (Å²) in [6.07, 6.45) is 8.62. The standard InChI is InChI=1S/C27H27FN6O7.C21H19FN6O4/c28-22-11-18(34-15-20(40-27(34)38)14-33-10-9-30-32-33)6-7-21(22)17-5-8-23(29-13-17)24-12-19(41-31-24)16-39-26(37)4-2-1-3-25(35)36;22-18-7-14(28-11-16(31-21(28)30)10-27-6-5-24-26-27)2-3-17(18)13-1-4-19(23-9-13)20-8-15(12-29)32-25-20/h5-11,13,19-20H,1-4,12,14-16H2,(H,35,36);1-7,9,15-16,29H,8,10-12H2/t19-,20-;15-,16-/m00/s1. The van der Waals surface area contributed by atoms with Gasteiger partial charge in [-0.05, 0) is 61.4 Å². The Morgan fingerprint density at radius 1 is 0.671 bits per heavy atom. The van der Waals surface area contributed by atoms with Gasteiger partial charge in [0.05, 0.1) is 67.9 Å². The first kappa shape index (κ1) is 49.2. The second-order valence-electron chi connectivity index (χ2n) is 17.1. The molecule has 8 heterocycles. The van der Waals surface area contributed by atoms with E-state index in [1.807, 2.05) is 0 Å². The lowest BCUT2D eigenvalue weighted by Crippen LogP contribution is -2.26. The molecular weight excluding hydrogens is 959 g/mol. The maximum Gasteiger partial charge on any atom is 0.414 e. The van der Waals surface area contributed by atoms with E-state index < -0.39 is 54.1 Å². The zero-order valence-corrected chi connectivity index (χ0v) is 38.7. The number of cyclic esters (lactones) is 2. The van der Waals surface area contributed by atoms with Crippen LogP contribution in [-0.2, 0) is 46.6 Å². The highest BCUT2D eigenvalue weighted by molar-refractivity contribution is 6.00. The van der Waals surface area contributed by atoms with Crippen LogP contribution in [0.5, 0.6) is 0 Å². The van der Waals surface area contributed by atoms with Gasteiger partial charge in [-0.15, -0.1) is 10.2 Å². The van der Waals surface area contributed by atoms with Crippen molar-refractivity contribution in [2.75, 3.05) is 36.1 Å². The maximum atomic E-state index is 15.1. The number of hydrogen-bond acceptors (Lipinski definition) is 18. The lowest BCUT2D eigenvalue weighted by atomic mass is 10.0. The van der Waals surface area contributed by atoms with Gasteiger partial charge < -0.3 is 34.1 Å². The number of carbonyl (C=O) groups is 4. The fourth-order valence-corrected chi connectivity index (χ4v) is 8.14. The van der Waals surface area contributed by atoms with Gasteiger partial charge in [0.15, 0.2) is 12.2 Å². The van der Waals surface area contributed by atoms with E-state index in [1.54, 1.807) is 82.7 Å². The Morgan fingerprint density at radius 2 is 1.18 bits per heavy atom. The summed E-state index contributed by atoms with van der Waals surface area (Å²) < 4.78 is 49.1. The number of carboxylic acids is 1. The molecule has 378 valence electrons. The van der Waals surface area contributed by atoms with Crippen LogP contribution in [0.25, 0.3) is 22.3 Å². The number of pyridine rings is 2. The molecule has 2 aromatic carbocycles. The van der Waals surface area contributed by atoms with E-state index in [1.165, 1.54) is 34.3 Å². The van der Waals surface area contributed by atoms with Crippen LogP contribution in [0.15, 0.2) is 108 Å². The minimum atomic E-state index is -0.896. The van der Waals surface area contributed by atoms with Crippen molar-refractivity contribution in [1.82, 2.24) is 40.0 Å². The van der Waals surface area contributed by atoms with Crippen LogP contribution < -0.4 is 9.80 Å². The second-order valence-corrected chi connectivity index (χ2v) is 17.1. The average Bonchev–Trinajstić information content (AvgIpc) is 4.27. The summed E-state index contributed by atoms with van der Waals surface area (Å²) in [5.74, 6) is -2.31. The Labute approximate surface area is 413 Å². The molecule has 2 fully saturated rings. The Bertz CT molecular complexity index is 2980. The topological polar surface area (TPSA) is 273 Å². The lowest BCUT2D eigenvalue weighted by molar-refractivity contribution is -0.147. The first-order chi connectivity index (χ1) is 35.5. The molecule has 2 N–H and O–H groups in total. The van der Waals surface area contributed by atoms with Crippen molar-refractivity contribution >= 4 is 46.9 Å². The summed E-state index contributed by atoms with van der Waals surface area (Å²) in [5.41, 5.74) is 4.96. The summed E-state index contributed by atoms with van der Waals surface area (Å²) in [4.78, 5) is 69.0. The molecule has 73 heavy (non-hydrogen) atoms. The number of ether oxygens (including phenoxy) is 3. The molecule has 0 unspecified atom stereocenters. The Balaban J connectivity index is 0.000000185. The number of carbonyl (C=O) groups excluding carboxylic acids is 3. The van der Waals surface area contributed by atoms with E-state index >= 15 is 4.39 Å². The molecule has 10 rings (SSSR count). The van der Waals surface area contributed by atoms with Gasteiger partial charge in [0.1, 0.15) is 41.9 Å². The van der Waals surface area contributed by atoms with Gasteiger partial charge in [-0.1, -0.05) is 32.9 Å². The van der Waals surface area contributed by atoms with E-state index in [2.05, 4.69) is 40.9 Å². The van der Waals surface area contributed by atoms with E-state index in [0.29, 0.717) is 95.2 Å². The van der Waals surface area contributed by atoms with Crippen LogP contribution in [0.1, 0.15) is 49.9 Å². The number of aliphatic hydroxyl groups excluding tert-OH is 1. The molecule has 2 saturated heterocycles. The van der Waals surface area contributed by atoms with E-state index in [9.17, 15) is 23.6 Å². The van der Waals surface area contributed by atoms with Crippen LogP contribution in [0.2, 0.25) is 0 Å². The number of nitrogens with zero attached hydrogens (tertiary/aromatic N) is 12. The zero-order valence-electron chi connectivity index (χ0n) is 38.7.